The van der Waals surface area contributed by atoms with Crippen LogP contribution in [0, 0.1) is 0 Å². The molecule has 3 N–H and O–H groups in total. The smallest absolute Gasteiger partial charge is 0.340 e. The molecule has 130 valence electrons. The predicted octanol–water partition coefficient (Wildman–Crippen LogP) is 0.743. The van der Waals surface area contributed by atoms with E-state index in [1.54, 1.807) is 31.5 Å². The zero-order valence-corrected chi connectivity index (χ0v) is 13.5. The molecule has 1 atom stereocenters. The van der Waals surface area contributed by atoms with Crippen LogP contribution in [0.2, 0.25) is 0 Å². The van der Waals surface area contributed by atoms with Crippen molar-refractivity contribution < 1.29 is 9.32 Å². The number of aromatic amines is 2. The first-order valence-corrected chi connectivity index (χ1v) is 7.79. The Kier molecular flexibility index (Phi) is 4.97. The number of amides is 1. The molecule has 25 heavy (non-hydrogen) atoms. The molecular weight excluding hydrogens is 326 g/mol. The Bertz CT molecular complexity index is 884. The van der Waals surface area contributed by atoms with Gasteiger partial charge in [0.1, 0.15) is 0 Å². The van der Waals surface area contributed by atoms with E-state index in [1.165, 1.54) is 0 Å². The number of aryl methyl sites for hydroxylation is 1. The fraction of sp³-hybridized carbons (Fsp3) is 0.333. The zero-order chi connectivity index (χ0) is 17.6. The van der Waals surface area contributed by atoms with E-state index in [-0.39, 0.29) is 11.9 Å². The molecule has 3 aromatic rings. The van der Waals surface area contributed by atoms with Crippen molar-refractivity contribution in [1.29, 1.82) is 0 Å². The monoisotopic (exact) mass is 343 g/mol. The zero-order valence-electron chi connectivity index (χ0n) is 13.5. The molecule has 0 radical (unpaired) electrons. The minimum Gasteiger partial charge on any atom is -0.346 e. The summed E-state index contributed by atoms with van der Waals surface area (Å²) in [6.07, 6.45) is 4.67. The van der Waals surface area contributed by atoms with Crippen molar-refractivity contribution in [2.45, 2.75) is 32.2 Å². The SMILES string of the molecule is C[C@H](NC(=O)CCCc1nc(-c2ccncc2)no1)c1n[nH]c(=O)[nH]1. The summed E-state index contributed by atoms with van der Waals surface area (Å²) < 4.78 is 5.19. The van der Waals surface area contributed by atoms with Gasteiger partial charge in [-0.2, -0.15) is 10.1 Å². The molecule has 10 heteroatoms. The molecule has 0 aliphatic carbocycles. The van der Waals surface area contributed by atoms with Crippen molar-refractivity contribution in [2.24, 2.45) is 0 Å². The summed E-state index contributed by atoms with van der Waals surface area (Å²) in [4.78, 5) is 33.7. The quantitative estimate of drug-likeness (QED) is 0.574. The van der Waals surface area contributed by atoms with Gasteiger partial charge in [0, 0.05) is 30.8 Å². The minimum atomic E-state index is -0.405. The van der Waals surface area contributed by atoms with Crippen molar-refractivity contribution in [1.82, 2.24) is 35.6 Å². The first-order chi connectivity index (χ1) is 12.1. The number of carbonyl (C=O) groups excluding carboxylic acids is 1. The number of nitrogens with zero attached hydrogens (tertiary/aromatic N) is 4. The molecule has 0 saturated carbocycles. The predicted molar refractivity (Wildman–Crippen MR) is 86.2 cm³/mol. The third-order valence-electron chi connectivity index (χ3n) is 3.51. The average molecular weight is 343 g/mol. The Morgan fingerprint density at radius 2 is 2.16 bits per heavy atom. The van der Waals surface area contributed by atoms with Gasteiger partial charge in [-0.15, -0.1) is 0 Å². The van der Waals surface area contributed by atoms with Crippen LogP contribution >= 0.6 is 0 Å². The molecule has 3 heterocycles. The van der Waals surface area contributed by atoms with Crippen molar-refractivity contribution in [2.75, 3.05) is 0 Å². The van der Waals surface area contributed by atoms with Gasteiger partial charge in [0.05, 0.1) is 6.04 Å². The van der Waals surface area contributed by atoms with Gasteiger partial charge in [0.25, 0.3) is 0 Å². The van der Waals surface area contributed by atoms with Crippen LogP contribution in [0.25, 0.3) is 11.4 Å². The molecule has 0 aliphatic rings. The highest BCUT2D eigenvalue weighted by molar-refractivity contribution is 5.76. The van der Waals surface area contributed by atoms with Crippen LogP contribution in [-0.2, 0) is 11.2 Å². The summed E-state index contributed by atoms with van der Waals surface area (Å²) in [5.41, 5.74) is 0.419. The van der Waals surface area contributed by atoms with Crippen molar-refractivity contribution in [3.05, 3.63) is 46.7 Å². The maximum absolute atomic E-state index is 11.9. The van der Waals surface area contributed by atoms with Crippen LogP contribution in [0.4, 0.5) is 0 Å². The second-order valence-corrected chi connectivity index (χ2v) is 5.45. The lowest BCUT2D eigenvalue weighted by molar-refractivity contribution is -0.121. The Labute approximate surface area is 142 Å². The fourth-order valence-electron chi connectivity index (χ4n) is 2.25. The van der Waals surface area contributed by atoms with Gasteiger partial charge in [-0.25, -0.2) is 9.89 Å². The van der Waals surface area contributed by atoms with E-state index >= 15 is 0 Å². The summed E-state index contributed by atoms with van der Waals surface area (Å²) in [7, 11) is 0. The van der Waals surface area contributed by atoms with E-state index in [0.717, 1.165) is 5.56 Å². The van der Waals surface area contributed by atoms with Crippen LogP contribution in [0.3, 0.4) is 0 Å². The molecular formula is C15H17N7O3. The normalized spacial score (nSPS) is 12.0. The Morgan fingerprint density at radius 3 is 2.88 bits per heavy atom. The Balaban J connectivity index is 1.46. The topological polar surface area (TPSA) is 142 Å². The molecule has 0 unspecified atom stereocenters. The van der Waals surface area contributed by atoms with Gasteiger partial charge in [-0.1, -0.05) is 5.16 Å². The molecule has 0 aromatic carbocycles. The van der Waals surface area contributed by atoms with E-state index in [4.69, 9.17) is 4.52 Å². The summed E-state index contributed by atoms with van der Waals surface area (Å²) in [6.45, 7) is 1.74. The third-order valence-corrected chi connectivity index (χ3v) is 3.51. The van der Waals surface area contributed by atoms with Gasteiger partial charge in [-0.3, -0.25) is 14.8 Å². The molecule has 0 fully saturated rings. The summed E-state index contributed by atoms with van der Waals surface area (Å²) in [6, 6.07) is 3.21. The van der Waals surface area contributed by atoms with E-state index in [0.29, 0.717) is 36.8 Å². The molecule has 0 aliphatic heterocycles. The van der Waals surface area contributed by atoms with Crippen molar-refractivity contribution in [3.8, 4) is 11.4 Å². The molecule has 0 saturated heterocycles. The van der Waals surface area contributed by atoms with Crippen LogP contribution in [0.15, 0.2) is 33.8 Å². The number of aromatic nitrogens is 6. The molecule has 1 amide bonds. The van der Waals surface area contributed by atoms with Crippen molar-refractivity contribution >= 4 is 5.91 Å². The summed E-state index contributed by atoms with van der Waals surface area (Å²) in [5, 5.41) is 12.7. The molecule has 3 rings (SSSR count). The number of H-pyrrole nitrogens is 2. The highest BCUT2D eigenvalue weighted by Gasteiger charge is 2.13. The number of carbonyl (C=O) groups is 1. The van der Waals surface area contributed by atoms with Gasteiger partial charge >= 0.3 is 5.69 Å². The molecule has 3 aromatic heterocycles. The standard InChI is InChI=1S/C15H17N7O3/c1-9(13-19-15(24)21-20-13)17-11(23)3-2-4-12-18-14(22-25-12)10-5-7-16-8-6-10/h5-9H,2-4H2,1H3,(H,17,23)(H2,19,20,21,24)/t9-/m0/s1. The second kappa shape index (κ2) is 7.51. The number of rotatable bonds is 7. The van der Waals surface area contributed by atoms with Gasteiger partial charge in [-0.05, 0) is 25.5 Å². The highest BCUT2D eigenvalue weighted by atomic mass is 16.5. The lowest BCUT2D eigenvalue weighted by atomic mass is 10.2. The largest absolute Gasteiger partial charge is 0.346 e. The molecule has 0 spiro atoms. The summed E-state index contributed by atoms with van der Waals surface area (Å²) >= 11 is 0. The molecule has 0 bridgehead atoms. The maximum Gasteiger partial charge on any atom is 0.340 e. The van der Waals surface area contributed by atoms with Gasteiger partial charge in [0.2, 0.25) is 17.6 Å². The Hall–Kier alpha value is -3.30. The lowest BCUT2D eigenvalue weighted by Gasteiger charge is -2.10. The second-order valence-electron chi connectivity index (χ2n) is 5.45. The first kappa shape index (κ1) is 16.6. The maximum atomic E-state index is 11.9. The Morgan fingerprint density at radius 1 is 1.36 bits per heavy atom. The third kappa shape index (κ3) is 4.37. The van der Waals surface area contributed by atoms with E-state index in [9.17, 15) is 9.59 Å². The number of pyridine rings is 1. The van der Waals surface area contributed by atoms with Gasteiger partial charge < -0.3 is 9.84 Å². The first-order valence-electron chi connectivity index (χ1n) is 7.79. The minimum absolute atomic E-state index is 0.148. The highest BCUT2D eigenvalue weighted by Crippen LogP contribution is 2.15. The number of hydrogen-bond acceptors (Lipinski definition) is 7. The van der Waals surface area contributed by atoms with E-state index in [2.05, 4.69) is 35.6 Å². The molecule has 10 nitrogen and oxygen atoms in total. The van der Waals surface area contributed by atoms with Crippen LogP contribution in [0.1, 0.15) is 37.5 Å². The summed E-state index contributed by atoms with van der Waals surface area (Å²) in [5.74, 6) is 1.21. The average Bonchev–Trinajstić information content (AvgIpc) is 3.25. The lowest BCUT2D eigenvalue weighted by Crippen LogP contribution is -2.27. The van der Waals surface area contributed by atoms with Crippen LogP contribution in [-0.4, -0.2) is 36.2 Å². The number of nitrogens with one attached hydrogen (secondary N) is 3. The van der Waals surface area contributed by atoms with Crippen LogP contribution < -0.4 is 11.0 Å². The van der Waals surface area contributed by atoms with E-state index in [1.807, 2.05) is 0 Å². The fourth-order valence-corrected chi connectivity index (χ4v) is 2.25. The van der Waals surface area contributed by atoms with Crippen molar-refractivity contribution in [3.63, 3.8) is 0 Å². The van der Waals surface area contributed by atoms with Crippen LogP contribution in [0.5, 0.6) is 0 Å². The van der Waals surface area contributed by atoms with Gasteiger partial charge in [0.15, 0.2) is 5.82 Å². The number of hydrogen-bond donors (Lipinski definition) is 3. The van der Waals surface area contributed by atoms with E-state index < -0.39 is 5.69 Å².